The normalized spacial score (nSPS) is 13.0. The summed E-state index contributed by atoms with van der Waals surface area (Å²) in [5.74, 6) is 0. The van der Waals surface area contributed by atoms with E-state index >= 15 is 0 Å². The summed E-state index contributed by atoms with van der Waals surface area (Å²) in [5.41, 5.74) is 7.70. The third-order valence-corrected chi connectivity index (χ3v) is 5.17. The lowest BCUT2D eigenvalue weighted by atomic mass is 10.0. The lowest BCUT2D eigenvalue weighted by Crippen LogP contribution is -2.31. The van der Waals surface area contributed by atoms with Crippen molar-refractivity contribution in [2.24, 2.45) is 5.73 Å². The van der Waals surface area contributed by atoms with E-state index in [4.69, 9.17) is 5.73 Å². The van der Waals surface area contributed by atoms with Crippen molar-refractivity contribution in [1.82, 2.24) is 25.4 Å². The molecule has 3 heterocycles. The lowest BCUT2D eigenvalue weighted by Gasteiger charge is -2.13. The number of alkyl halides is 3. The number of fused-ring (bicyclic) bond motifs is 1. The number of halogens is 3. The number of pyridine rings is 1. The Kier molecular flexibility index (Phi) is 5.16. The number of aromatic nitrogens is 5. The molecule has 0 spiro atoms. The highest BCUT2D eigenvalue weighted by molar-refractivity contribution is 7.18. The van der Waals surface area contributed by atoms with Gasteiger partial charge in [0.1, 0.15) is 5.69 Å². The van der Waals surface area contributed by atoms with Gasteiger partial charge >= 0.3 is 6.18 Å². The molecule has 0 amide bonds. The fourth-order valence-corrected chi connectivity index (χ4v) is 3.50. The average molecular weight is 419 g/mol. The molecule has 1 atom stereocenters. The Balaban J connectivity index is 1.34. The Morgan fingerprint density at radius 1 is 1.14 bits per heavy atom. The molecule has 4 N–H and O–H groups in total. The molecule has 0 aliphatic carbocycles. The molecule has 4 rings (SSSR count). The van der Waals surface area contributed by atoms with Crippen molar-refractivity contribution in [2.45, 2.75) is 18.6 Å². The number of hydrogen-bond donors (Lipinski definition) is 3. The van der Waals surface area contributed by atoms with Crippen LogP contribution in [0.5, 0.6) is 0 Å². The summed E-state index contributed by atoms with van der Waals surface area (Å²) in [6, 6.07) is 6.61. The molecule has 0 radical (unpaired) electrons. The van der Waals surface area contributed by atoms with Crippen LogP contribution in [0.15, 0.2) is 42.7 Å². The van der Waals surface area contributed by atoms with E-state index in [9.17, 15) is 13.2 Å². The number of H-pyrrole nitrogens is 1. The van der Waals surface area contributed by atoms with Gasteiger partial charge in [-0.1, -0.05) is 23.5 Å². The SMILES string of the molecule is N[C@@H](CNc1nnc(-c2cc3cn[nH]c3cn2)s1)Cc1ccc(C(F)(F)F)cc1. The Labute approximate surface area is 167 Å². The van der Waals surface area contributed by atoms with Gasteiger partial charge in [-0.25, -0.2) is 0 Å². The lowest BCUT2D eigenvalue weighted by molar-refractivity contribution is -0.137. The van der Waals surface area contributed by atoms with Gasteiger partial charge in [0.05, 0.1) is 23.5 Å². The zero-order valence-electron chi connectivity index (χ0n) is 14.9. The topological polar surface area (TPSA) is 105 Å². The van der Waals surface area contributed by atoms with Crippen molar-refractivity contribution < 1.29 is 13.2 Å². The monoisotopic (exact) mass is 419 g/mol. The molecular formula is C18H16F3N7S. The highest BCUT2D eigenvalue weighted by Crippen LogP contribution is 2.29. The van der Waals surface area contributed by atoms with E-state index in [1.165, 1.54) is 23.5 Å². The van der Waals surface area contributed by atoms with Crippen LogP contribution in [0, 0.1) is 0 Å². The minimum absolute atomic E-state index is 0.292. The molecule has 3 aromatic heterocycles. The van der Waals surface area contributed by atoms with Gasteiger partial charge in [0.25, 0.3) is 0 Å². The third-order valence-electron chi connectivity index (χ3n) is 4.26. The Hall–Kier alpha value is -3.05. The molecular weight excluding hydrogens is 403 g/mol. The van der Waals surface area contributed by atoms with Crippen LogP contribution in [-0.2, 0) is 12.6 Å². The zero-order valence-corrected chi connectivity index (χ0v) is 15.8. The minimum atomic E-state index is -4.34. The van der Waals surface area contributed by atoms with Gasteiger partial charge in [0.2, 0.25) is 5.13 Å². The van der Waals surface area contributed by atoms with Crippen LogP contribution in [0.25, 0.3) is 21.6 Å². The Morgan fingerprint density at radius 3 is 2.69 bits per heavy atom. The fraction of sp³-hybridized carbons (Fsp3) is 0.222. The second-order valence-electron chi connectivity index (χ2n) is 6.48. The number of benzene rings is 1. The second kappa shape index (κ2) is 7.76. The van der Waals surface area contributed by atoms with Crippen LogP contribution >= 0.6 is 11.3 Å². The summed E-state index contributed by atoms with van der Waals surface area (Å²) < 4.78 is 37.9. The maximum Gasteiger partial charge on any atom is 0.416 e. The van der Waals surface area contributed by atoms with Crippen molar-refractivity contribution in [1.29, 1.82) is 0 Å². The summed E-state index contributed by atoms with van der Waals surface area (Å²) in [4.78, 5) is 4.34. The maximum absolute atomic E-state index is 12.6. The molecule has 11 heteroatoms. The second-order valence-corrected chi connectivity index (χ2v) is 7.46. The number of nitrogens with one attached hydrogen (secondary N) is 2. The summed E-state index contributed by atoms with van der Waals surface area (Å²) in [7, 11) is 0. The largest absolute Gasteiger partial charge is 0.416 e. The van der Waals surface area contributed by atoms with Crippen LogP contribution in [0.4, 0.5) is 18.3 Å². The fourth-order valence-electron chi connectivity index (χ4n) is 2.78. The quantitative estimate of drug-likeness (QED) is 0.442. The van der Waals surface area contributed by atoms with Gasteiger partial charge in [-0.15, -0.1) is 10.2 Å². The van der Waals surface area contributed by atoms with Crippen LogP contribution < -0.4 is 11.1 Å². The number of rotatable bonds is 6. The van der Waals surface area contributed by atoms with Crippen molar-refractivity contribution in [3.8, 4) is 10.7 Å². The van der Waals surface area contributed by atoms with Crippen molar-refractivity contribution in [3.05, 3.63) is 53.9 Å². The smallest absolute Gasteiger partial charge is 0.359 e. The number of aromatic amines is 1. The maximum atomic E-state index is 12.6. The predicted molar refractivity (Wildman–Crippen MR) is 104 cm³/mol. The molecule has 150 valence electrons. The summed E-state index contributed by atoms with van der Waals surface area (Å²) >= 11 is 1.34. The molecule has 0 aliphatic rings. The standard InChI is InChI=1S/C18H16F3N7S/c19-18(20,21)12-3-1-10(2-4-12)5-13(22)8-24-17-28-27-16(29-17)14-6-11-7-25-26-15(11)9-23-14/h1-4,6-7,9,13H,5,8,22H2,(H,24,28)(H,25,26)/t13-/m1/s1. The van der Waals surface area contributed by atoms with Gasteiger partial charge in [0.15, 0.2) is 5.01 Å². The minimum Gasteiger partial charge on any atom is -0.359 e. The average Bonchev–Trinajstić information content (AvgIpc) is 3.35. The van der Waals surface area contributed by atoms with Crippen molar-refractivity contribution in [2.75, 3.05) is 11.9 Å². The van der Waals surface area contributed by atoms with E-state index in [2.05, 4.69) is 30.7 Å². The Morgan fingerprint density at radius 2 is 1.93 bits per heavy atom. The van der Waals surface area contributed by atoms with Crippen molar-refractivity contribution >= 4 is 27.4 Å². The molecule has 0 saturated heterocycles. The Bertz CT molecular complexity index is 1100. The third kappa shape index (κ3) is 4.51. The zero-order chi connectivity index (χ0) is 20.4. The predicted octanol–water partition coefficient (Wildman–Crippen LogP) is 3.48. The molecule has 0 fully saturated rings. The first-order chi connectivity index (χ1) is 13.9. The summed E-state index contributed by atoms with van der Waals surface area (Å²) in [5, 5.41) is 20.3. The van der Waals surface area contributed by atoms with E-state index in [1.54, 1.807) is 12.4 Å². The highest BCUT2D eigenvalue weighted by Gasteiger charge is 2.29. The van der Waals surface area contributed by atoms with Crippen LogP contribution in [0.1, 0.15) is 11.1 Å². The van der Waals surface area contributed by atoms with E-state index in [1.807, 2.05) is 6.07 Å². The molecule has 4 aromatic rings. The number of nitrogens with two attached hydrogens (primary N) is 1. The van der Waals surface area contributed by atoms with E-state index in [0.717, 1.165) is 28.6 Å². The van der Waals surface area contributed by atoms with Gasteiger partial charge in [-0.05, 0) is 30.2 Å². The van der Waals surface area contributed by atoms with E-state index < -0.39 is 11.7 Å². The number of anilines is 1. The van der Waals surface area contributed by atoms with Gasteiger partial charge < -0.3 is 11.1 Å². The van der Waals surface area contributed by atoms with Gasteiger partial charge in [-0.3, -0.25) is 10.1 Å². The number of hydrogen-bond acceptors (Lipinski definition) is 7. The van der Waals surface area contributed by atoms with Gasteiger partial charge in [0, 0.05) is 18.0 Å². The van der Waals surface area contributed by atoms with Crippen molar-refractivity contribution in [3.63, 3.8) is 0 Å². The van der Waals surface area contributed by atoms with Gasteiger partial charge in [-0.2, -0.15) is 18.3 Å². The first kappa shape index (κ1) is 19.3. The molecule has 0 aliphatic heterocycles. The number of nitrogens with zero attached hydrogens (tertiary/aromatic N) is 4. The van der Waals surface area contributed by atoms with Crippen LogP contribution in [0.3, 0.4) is 0 Å². The first-order valence-electron chi connectivity index (χ1n) is 8.67. The molecule has 1 aromatic carbocycles. The van der Waals surface area contributed by atoms with E-state index in [-0.39, 0.29) is 6.04 Å². The molecule has 0 bridgehead atoms. The highest BCUT2D eigenvalue weighted by atomic mass is 32.1. The first-order valence-corrected chi connectivity index (χ1v) is 9.49. The molecule has 0 unspecified atom stereocenters. The molecule has 0 saturated carbocycles. The van der Waals surface area contributed by atoms with E-state index in [0.29, 0.717) is 28.8 Å². The summed E-state index contributed by atoms with van der Waals surface area (Å²) in [6.07, 6.45) is -0.503. The molecule has 7 nitrogen and oxygen atoms in total. The van der Waals surface area contributed by atoms with Crippen LogP contribution in [-0.4, -0.2) is 38.0 Å². The summed E-state index contributed by atoms with van der Waals surface area (Å²) in [6.45, 7) is 0.407. The molecule has 29 heavy (non-hydrogen) atoms. The van der Waals surface area contributed by atoms with Crippen LogP contribution in [0.2, 0.25) is 0 Å².